The molecule has 0 atom stereocenters. The monoisotopic (exact) mass is 386 g/mol. The van der Waals surface area contributed by atoms with E-state index in [1.165, 1.54) is 6.08 Å². The second-order valence-electron chi connectivity index (χ2n) is 7.01. The molecule has 0 fully saturated rings. The lowest BCUT2D eigenvalue weighted by Gasteiger charge is -2.28. The van der Waals surface area contributed by atoms with E-state index in [-0.39, 0.29) is 11.8 Å². The van der Waals surface area contributed by atoms with Crippen LogP contribution in [0.5, 0.6) is 0 Å². The summed E-state index contributed by atoms with van der Waals surface area (Å²) in [4.78, 5) is 30.7. The third-order valence-corrected chi connectivity index (χ3v) is 4.98. The Bertz CT molecular complexity index is 1060. The van der Waals surface area contributed by atoms with Gasteiger partial charge in [-0.2, -0.15) is 0 Å². The van der Waals surface area contributed by atoms with Gasteiger partial charge < -0.3 is 14.8 Å². The molecule has 6 nitrogen and oxygen atoms in total. The van der Waals surface area contributed by atoms with Gasteiger partial charge in [-0.3, -0.25) is 9.59 Å². The molecule has 2 heterocycles. The fraction of sp³-hybridized carbons (Fsp3) is 0.174. The molecule has 1 N–H and O–H groups in total. The van der Waals surface area contributed by atoms with Crippen molar-refractivity contribution in [1.29, 1.82) is 0 Å². The van der Waals surface area contributed by atoms with Gasteiger partial charge in [-0.25, -0.2) is 4.98 Å². The molecule has 0 saturated heterocycles. The average Bonchev–Trinajstić information content (AvgIpc) is 3.19. The van der Waals surface area contributed by atoms with Crippen LogP contribution in [-0.2, 0) is 17.8 Å². The second-order valence-corrected chi connectivity index (χ2v) is 7.01. The number of nitrogens with zero attached hydrogens (tertiary/aromatic N) is 3. The Labute approximate surface area is 169 Å². The number of aryl methyl sites for hydroxylation is 1. The molecular weight excluding hydrogens is 364 g/mol. The van der Waals surface area contributed by atoms with Crippen molar-refractivity contribution in [2.24, 2.45) is 0 Å². The zero-order chi connectivity index (χ0) is 20.2. The van der Waals surface area contributed by atoms with Crippen molar-refractivity contribution < 1.29 is 9.59 Å². The molecule has 1 aromatic heterocycles. The summed E-state index contributed by atoms with van der Waals surface area (Å²) < 4.78 is 1.93. The summed E-state index contributed by atoms with van der Waals surface area (Å²) in [5, 5.41) is 2.85. The van der Waals surface area contributed by atoms with Crippen molar-refractivity contribution >= 4 is 23.3 Å². The van der Waals surface area contributed by atoms with Crippen molar-refractivity contribution in [3.63, 3.8) is 0 Å². The van der Waals surface area contributed by atoms with E-state index in [2.05, 4.69) is 16.9 Å². The van der Waals surface area contributed by atoms with Crippen molar-refractivity contribution in [2.75, 3.05) is 16.8 Å². The van der Waals surface area contributed by atoms with E-state index >= 15 is 0 Å². The first-order valence-corrected chi connectivity index (χ1v) is 9.58. The molecule has 1 aliphatic heterocycles. The first-order valence-electron chi connectivity index (χ1n) is 9.58. The minimum Gasteiger partial charge on any atom is -0.331 e. The van der Waals surface area contributed by atoms with Crippen LogP contribution in [0.1, 0.15) is 27.9 Å². The number of aromatic nitrogens is 2. The molecule has 0 bridgehead atoms. The van der Waals surface area contributed by atoms with E-state index in [4.69, 9.17) is 0 Å². The van der Waals surface area contributed by atoms with E-state index in [0.717, 1.165) is 29.7 Å². The van der Waals surface area contributed by atoms with Crippen LogP contribution in [0.2, 0.25) is 0 Å². The number of amides is 2. The van der Waals surface area contributed by atoms with Crippen molar-refractivity contribution in [2.45, 2.75) is 19.4 Å². The lowest BCUT2D eigenvalue weighted by atomic mass is 9.98. The Kier molecular flexibility index (Phi) is 5.24. The number of carbonyl (C=O) groups excluding carboxylic acids is 2. The van der Waals surface area contributed by atoms with Crippen LogP contribution in [0, 0.1) is 0 Å². The molecule has 146 valence electrons. The van der Waals surface area contributed by atoms with Gasteiger partial charge in [0.1, 0.15) is 0 Å². The smallest absolute Gasteiger partial charge is 0.256 e. The summed E-state index contributed by atoms with van der Waals surface area (Å²) >= 11 is 0. The Morgan fingerprint density at radius 1 is 1.17 bits per heavy atom. The first kappa shape index (κ1) is 18.7. The number of rotatable bonds is 5. The SMILES string of the molecule is C=CC(=O)N1CCCc2cc(C(=O)Nc3cn(Cc4ccccc4)cn3)ccc21. The van der Waals surface area contributed by atoms with Gasteiger partial charge in [-0.05, 0) is 48.2 Å². The lowest BCUT2D eigenvalue weighted by molar-refractivity contribution is -0.114. The van der Waals surface area contributed by atoms with Gasteiger partial charge in [0.05, 0.1) is 6.33 Å². The van der Waals surface area contributed by atoms with Crippen molar-refractivity contribution in [3.05, 3.63) is 90.4 Å². The maximum absolute atomic E-state index is 12.7. The van der Waals surface area contributed by atoms with E-state index < -0.39 is 0 Å². The predicted octanol–water partition coefficient (Wildman–Crippen LogP) is 3.65. The van der Waals surface area contributed by atoms with Gasteiger partial charge >= 0.3 is 0 Å². The summed E-state index contributed by atoms with van der Waals surface area (Å²) in [5.41, 5.74) is 3.56. The molecule has 4 rings (SSSR count). The number of carbonyl (C=O) groups is 2. The normalized spacial score (nSPS) is 12.9. The van der Waals surface area contributed by atoms with Gasteiger partial charge in [0, 0.05) is 30.5 Å². The molecule has 0 unspecified atom stereocenters. The maximum Gasteiger partial charge on any atom is 0.256 e. The Balaban J connectivity index is 1.47. The summed E-state index contributed by atoms with van der Waals surface area (Å²) in [6, 6.07) is 15.5. The fourth-order valence-corrected chi connectivity index (χ4v) is 3.57. The Hall–Kier alpha value is -3.67. The van der Waals surface area contributed by atoms with Gasteiger partial charge in [0.25, 0.3) is 5.91 Å². The Morgan fingerprint density at radius 3 is 2.79 bits per heavy atom. The number of benzene rings is 2. The van der Waals surface area contributed by atoms with Crippen molar-refractivity contribution in [3.8, 4) is 0 Å². The summed E-state index contributed by atoms with van der Waals surface area (Å²) in [7, 11) is 0. The highest BCUT2D eigenvalue weighted by atomic mass is 16.2. The number of anilines is 2. The third-order valence-electron chi connectivity index (χ3n) is 4.98. The fourth-order valence-electron chi connectivity index (χ4n) is 3.57. The van der Waals surface area contributed by atoms with Gasteiger partial charge in [-0.1, -0.05) is 36.9 Å². The second kappa shape index (κ2) is 8.14. The Morgan fingerprint density at radius 2 is 2.00 bits per heavy atom. The zero-order valence-corrected chi connectivity index (χ0v) is 16.0. The summed E-state index contributed by atoms with van der Waals surface area (Å²) in [5.74, 6) is 0.171. The number of nitrogens with one attached hydrogen (secondary N) is 1. The average molecular weight is 386 g/mol. The van der Waals surface area contributed by atoms with Crippen LogP contribution in [0.4, 0.5) is 11.5 Å². The molecule has 0 saturated carbocycles. The van der Waals surface area contributed by atoms with E-state index in [1.807, 2.05) is 53.2 Å². The van der Waals surface area contributed by atoms with E-state index in [1.54, 1.807) is 17.3 Å². The number of imidazole rings is 1. The minimum absolute atomic E-state index is 0.118. The molecule has 29 heavy (non-hydrogen) atoms. The van der Waals surface area contributed by atoms with Crippen LogP contribution >= 0.6 is 0 Å². The number of hydrogen-bond donors (Lipinski definition) is 1. The van der Waals surface area contributed by atoms with Crippen LogP contribution < -0.4 is 10.2 Å². The third kappa shape index (κ3) is 4.11. The summed E-state index contributed by atoms with van der Waals surface area (Å²) in [6.07, 6.45) is 6.54. The van der Waals surface area contributed by atoms with Gasteiger partial charge in [0.15, 0.2) is 5.82 Å². The molecule has 2 amide bonds. The maximum atomic E-state index is 12.7. The first-order chi connectivity index (χ1) is 14.1. The quantitative estimate of drug-likeness (QED) is 0.681. The van der Waals surface area contributed by atoms with Crippen molar-refractivity contribution in [1.82, 2.24) is 9.55 Å². The molecule has 6 heteroatoms. The van der Waals surface area contributed by atoms with Gasteiger partial charge in [0.2, 0.25) is 5.91 Å². The highest BCUT2D eigenvalue weighted by Crippen LogP contribution is 2.28. The van der Waals surface area contributed by atoms with E-state index in [0.29, 0.717) is 24.5 Å². The molecule has 3 aromatic rings. The topological polar surface area (TPSA) is 67.2 Å². The summed E-state index contributed by atoms with van der Waals surface area (Å²) in [6.45, 7) is 4.92. The largest absolute Gasteiger partial charge is 0.331 e. The number of fused-ring (bicyclic) bond motifs is 1. The highest BCUT2D eigenvalue weighted by Gasteiger charge is 2.22. The molecule has 0 spiro atoms. The predicted molar refractivity (Wildman–Crippen MR) is 113 cm³/mol. The van der Waals surface area contributed by atoms with Crippen LogP contribution in [-0.4, -0.2) is 27.9 Å². The van der Waals surface area contributed by atoms with Crippen LogP contribution in [0.25, 0.3) is 0 Å². The van der Waals surface area contributed by atoms with Gasteiger partial charge in [-0.15, -0.1) is 0 Å². The molecule has 1 aliphatic rings. The zero-order valence-electron chi connectivity index (χ0n) is 16.0. The standard InChI is InChI=1S/C23H22N4O2/c1-2-22(28)27-12-6-9-18-13-19(10-11-20(18)27)23(29)25-21-15-26(16-24-21)14-17-7-4-3-5-8-17/h2-5,7-8,10-11,13,15-16H,1,6,9,12,14H2,(H,25,29). The molecular formula is C23H22N4O2. The molecule has 0 aliphatic carbocycles. The van der Waals surface area contributed by atoms with Crippen LogP contribution in [0.15, 0.2) is 73.7 Å². The lowest BCUT2D eigenvalue weighted by Crippen LogP contribution is -2.34. The molecule has 2 aromatic carbocycles. The van der Waals surface area contributed by atoms with E-state index in [9.17, 15) is 9.59 Å². The van der Waals surface area contributed by atoms with Crippen LogP contribution in [0.3, 0.4) is 0 Å². The molecule has 0 radical (unpaired) electrons. The minimum atomic E-state index is -0.218. The highest BCUT2D eigenvalue weighted by molar-refractivity contribution is 6.05. The number of hydrogen-bond acceptors (Lipinski definition) is 3.